The standard InChI is InChI=1S/C20H20ClN5O/c1-12(2)25(3)20-22-16-11-13(21)9-10-14(16)18-23-24-19(26(18)20)15-7-5-6-8-17(15)27-4/h5-12H,1-4H3. The minimum absolute atomic E-state index is 0.241. The number of fused-ring (bicyclic) bond motifs is 3. The summed E-state index contributed by atoms with van der Waals surface area (Å²) in [6.07, 6.45) is 0. The van der Waals surface area contributed by atoms with Gasteiger partial charge in [-0.15, -0.1) is 10.2 Å². The zero-order valence-corrected chi connectivity index (χ0v) is 16.4. The fraction of sp³-hybridized carbons (Fsp3) is 0.250. The van der Waals surface area contributed by atoms with E-state index in [9.17, 15) is 0 Å². The first-order chi connectivity index (χ1) is 13.0. The van der Waals surface area contributed by atoms with Crippen molar-refractivity contribution >= 4 is 34.1 Å². The van der Waals surface area contributed by atoms with E-state index in [-0.39, 0.29) is 6.04 Å². The van der Waals surface area contributed by atoms with Gasteiger partial charge in [-0.25, -0.2) is 9.38 Å². The molecule has 2 aromatic heterocycles. The number of nitrogens with zero attached hydrogens (tertiary/aromatic N) is 5. The Morgan fingerprint density at radius 2 is 1.89 bits per heavy atom. The number of methoxy groups -OCH3 is 1. The van der Waals surface area contributed by atoms with Crippen molar-refractivity contribution in [1.82, 2.24) is 19.6 Å². The highest BCUT2D eigenvalue weighted by atomic mass is 35.5. The lowest BCUT2D eigenvalue weighted by atomic mass is 10.2. The van der Waals surface area contributed by atoms with E-state index in [1.165, 1.54) is 0 Å². The molecule has 4 rings (SSSR count). The van der Waals surface area contributed by atoms with Crippen molar-refractivity contribution in [2.75, 3.05) is 19.1 Å². The van der Waals surface area contributed by atoms with E-state index in [1.54, 1.807) is 7.11 Å². The maximum atomic E-state index is 6.19. The maximum Gasteiger partial charge on any atom is 0.213 e. The summed E-state index contributed by atoms with van der Waals surface area (Å²) in [6, 6.07) is 13.6. The lowest BCUT2D eigenvalue weighted by Gasteiger charge is -2.24. The van der Waals surface area contributed by atoms with Crippen LogP contribution in [-0.4, -0.2) is 39.8 Å². The fourth-order valence-corrected chi connectivity index (χ4v) is 3.23. The highest BCUT2D eigenvalue weighted by Gasteiger charge is 2.21. The molecular weight excluding hydrogens is 362 g/mol. The average Bonchev–Trinajstić information content (AvgIpc) is 3.11. The van der Waals surface area contributed by atoms with Crippen molar-refractivity contribution in [2.45, 2.75) is 19.9 Å². The first kappa shape index (κ1) is 17.5. The van der Waals surface area contributed by atoms with E-state index in [1.807, 2.05) is 53.9 Å². The molecule has 0 aliphatic heterocycles. The minimum atomic E-state index is 0.241. The first-order valence-corrected chi connectivity index (χ1v) is 9.09. The third-order valence-electron chi connectivity index (χ3n) is 4.72. The van der Waals surface area contributed by atoms with Gasteiger partial charge in [0.15, 0.2) is 11.5 Å². The quantitative estimate of drug-likeness (QED) is 0.522. The van der Waals surface area contributed by atoms with Crippen molar-refractivity contribution < 1.29 is 4.74 Å². The van der Waals surface area contributed by atoms with Gasteiger partial charge in [-0.2, -0.15) is 0 Å². The topological polar surface area (TPSA) is 55.6 Å². The number of para-hydroxylation sites is 1. The van der Waals surface area contributed by atoms with Gasteiger partial charge in [0, 0.05) is 23.5 Å². The van der Waals surface area contributed by atoms with Gasteiger partial charge in [-0.3, -0.25) is 0 Å². The molecule has 0 saturated carbocycles. The monoisotopic (exact) mass is 381 g/mol. The number of hydrogen-bond donors (Lipinski definition) is 0. The van der Waals surface area contributed by atoms with Crippen molar-refractivity contribution in [3.05, 3.63) is 47.5 Å². The predicted molar refractivity (Wildman–Crippen MR) is 109 cm³/mol. The van der Waals surface area contributed by atoms with Crippen LogP contribution in [0, 0.1) is 0 Å². The van der Waals surface area contributed by atoms with E-state index >= 15 is 0 Å². The third kappa shape index (κ3) is 2.86. The highest BCUT2D eigenvalue weighted by molar-refractivity contribution is 6.31. The van der Waals surface area contributed by atoms with Gasteiger partial charge in [0.2, 0.25) is 5.95 Å². The van der Waals surface area contributed by atoms with Crippen LogP contribution in [0.25, 0.3) is 27.9 Å². The van der Waals surface area contributed by atoms with Crippen molar-refractivity contribution in [1.29, 1.82) is 0 Å². The molecule has 0 saturated heterocycles. The molecule has 0 unspecified atom stereocenters. The van der Waals surface area contributed by atoms with Gasteiger partial charge < -0.3 is 9.64 Å². The van der Waals surface area contributed by atoms with E-state index < -0.39 is 0 Å². The fourth-order valence-electron chi connectivity index (χ4n) is 3.06. The van der Waals surface area contributed by atoms with Gasteiger partial charge in [0.25, 0.3) is 0 Å². The Labute approximate surface area is 162 Å². The number of halogens is 1. The smallest absolute Gasteiger partial charge is 0.213 e. The van der Waals surface area contributed by atoms with Crippen molar-refractivity contribution in [3.8, 4) is 17.1 Å². The molecule has 0 spiro atoms. The summed E-state index contributed by atoms with van der Waals surface area (Å²) >= 11 is 6.19. The molecule has 0 amide bonds. The number of anilines is 1. The third-order valence-corrected chi connectivity index (χ3v) is 4.96. The van der Waals surface area contributed by atoms with Crippen LogP contribution in [0.4, 0.5) is 5.95 Å². The second-order valence-electron chi connectivity index (χ2n) is 6.66. The lowest BCUT2D eigenvalue weighted by Crippen LogP contribution is -2.28. The van der Waals surface area contributed by atoms with Gasteiger partial charge in [-0.05, 0) is 44.2 Å². The number of ether oxygens (including phenoxy) is 1. The lowest BCUT2D eigenvalue weighted by molar-refractivity contribution is 0.416. The minimum Gasteiger partial charge on any atom is -0.496 e. The summed E-state index contributed by atoms with van der Waals surface area (Å²) in [5.41, 5.74) is 2.39. The number of benzene rings is 2. The van der Waals surface area contributed by atoms with Crippen LogP contribution < -0.4 is 9.64 Å². The molecule has 27 heavy (non-hydrogen) atoms. The van der Waals surface area contributed by atoms with E-state index in [0.29, 0.717) is 10.8 Å². The zero-order chi connectivity index (χ0) is 19.1. The Morgan fingerprint density at radius 3 is 2.63 bits per heavy atom. The van der Waals surface area contributed by atoms with Crippen LogP contribution >= 0.6 is 11.6 Å². The summed E-state index contributed by atoms with van der Waals surface area (Å²) in [4.78, 5) is 6.98. The van der Waals surface area contributed by atoms with E-state index in [4.69, 9.17) is 21.3 Å². The zero-order valence-electron chi connectivity index (χ0n) is 15.6. The van der Waals surface area contributed by atoms with Gasteiger partial charge in [-0.1, -0.05) is 23.7 Å². The molecule has 0 aliphatic rings. The molecule has 2 heterocycles. The molecule has 0 radical (unpaired) electrons. The molecule has 2 aromatic carbocycles. The van der Waals surface area contributed by atoms with Crippen LogP contribution in [0.3, 0.4) is 0 Å². The molecule has 4 aromatic rings. The van der Waals surface area contributed by atoms with Crippen molar-refractivity contribution in [3.63, 3.8) is 0 Å². The van der Waals surface area contributed by atoms with E-state index in [0.717, 1.165) is 33.8 Å². The molecule has 0 aliphatic carbocycles. The maximum absolute atomic E-state index is 6.19. The Bertz CT molecular complexity index is 1140. The Morgan fingerprint density at radius 1 is 1.11 bits per heavy atom. The Balaban J connectivity index is 2.12. The SMILES string of the molecule is COc1ccccc1-c1nnc2c3ccc(Cl)cc3nc(N(C)C(C)C)n12. The second kappa shape index (κ2) is 6.70. The molecule has 0 N–H and O–H groups in total. The summed E-state index contributed by atoms with van der Waals surface area (Å²) < 4.78 is 7.52. The predicted octanol–water partition coefficient (Wildman–Crippen LogP) is 4.45. The number of rotatable bonds is 4. The van der Waals surface area contributed by atoms with Crippen LogP contribution in [0.15, 0.2) is 42.5 Å². The molecule has 138 valence electrons. The van der Waals surface area contributed by atoms with Crippen molar-refractivity contribution in [2.24, 2.45) is 0 Å². The average molecular weight is 382 g/mol. The number of aromatic nitrogens is 4. The Hall–Kier alpha value is -2.86. The summed E-state index contributed by atoms with van der Waals surface area (Å²) in [6.45, 7) is 4.23. The molecule has 0 fully saturated rings. The van der Waals surface area contributed by atoms with Crippen LogP contribution in [0.1, 0.15) is 13.8 Å². The molecular formula is C20H20ClN5O. The highest BCUT2D eigenvalue weighted by Crippen LogP contribution is 2.33. The van der Waals surface area contributed by atoms with Gasteiger partial charge >= 0.3 is 0 Å². The normalized spacial score (nSPS) is 11.5. The Kier molecular flexibility index (Phi) is 4.36. The first-order valence-electron chi connectivity index (χ1n) is 8.72. The molecule has 0 bridgehead atoms. The van der Waals surface area contributed by atoms with Gasteiger partial charge in [0.05, 0.1) is 18.2 Å². The summed E-state index contributed by atoms with van der Waals surface area (Å²) in [7, 11) is 3.66. The molecule has 6 nitrogen and oxygen atoms in total. The van der Waals surface area contributed by atoms with Gasteiger partial charge in [0.1, 0.15) is 5.75 Å². The van der Waals surface area contributed by atoms with Crippen LogP contribution in [0.5, 0.6) is 5.75 Å². The van der Waals surface area contributed by atoms with Crippen LogP contribution in [-0.2, 0) is 0 Å². The number of hydrogen-bond acceptors (Lipinski definition) is 5. The largest absolute Gasteiger partial charge is 0.496 e. The molecule has 7 heteroatoms. The molecule has 0 atom stereocenters. The summed E-state index contributed by atoms with van der Waals surface area (Å²) in [5.74, 6) is 2.18. The van der Waals surface area contributed by atoms with E-state index in [2.05, 4.69) is 28.9 Å². The van der Waals surface area contributed by atoms with Crippen LogP contribution in [0.2, 0.25) is 5.02 Å². The summed E-state index contributed by atoms with van der Waals surface area (Å²) in [5, 5.41) is 10.5. The second-order valence-corrected chi connectivity index (χ2v) is 7.10.